The van der Waals surface area contributed by atoms with Crippen LogP contribution >= 0.6 is 11.8 Å². The van der Waals surface area contributed by atoms with Crippen LogP contribution in [0.25, 0.3) is 21.9 Å². The Morgan fingerprint density at radius 3 is 2.84 bits per heavy atom. The Hall–Kier alpha value is -2.80. The number of rotatable bonds is 5. The first kappa shape index (κ1) is 15.7. The Morgan fingerprint density at radius 2 is 1.96 bits per heavy atom. The van der Waals surface area contributed by atoms with Crippen molar-refractivity contribution < 1.29 is 4.74 Å². The van der Waals surface area contributed by atoms with Crippen LogP contribution in [0.1, 0.15) is 12.7 Å². The maximum atomic E-state index is 12.1. The zero-order valence-corrected chi connectivity index (χ0v) is 14.4. The van der Waals surface area contributed by atoms with Crippen LogP contribution in [0.3, 0.4) is 0 Å². The number of imidazole rings is 1. The van der Waals surface area contributed by atoms with Crippen LogP contribution < -0.4 is 10.3 Å². The summed E-state index contributed by atoms with van der Waals surface area (Å²) in [6.07, 6.45) is 0. The van der Waals surface area contributed by atoms with Gasteiger partial charge in [-0.15, -0.1) is 0 Å². The van der Waals surface area contributed by atoms with E-state index in [1.165, 1.54) is 11.8 Å². The number of nitrogens with one attached hydrogen (secondary N) is 2. The van der Waals surface area contributed by atoms with Gasteiger partial charge in [-0.1, -0.05) is 23.9 Å². The van der Waals surface area contributed by atoms with Crippen molar-refractivity contribution in [3.8, 4) is 5.75 Å². The lowest BCUT2D eigenvalue weighted by atomic mass is 10.2. The predicted molar refractivity (Wildman–Crippen MR) is 99.2 cm³/mol. The summed E-state index contributed by atoms with van der Waals surface area (Å²) in [6, 6.07) is 13.1. The second-order valence-corrected chi connectivity index (χ2v) is 6.44. The molecule has 4 rings (SSSR count). The molecular formula is C18H16N4O2S. The van der Waals surface area contributed by atoms with Crippen molar-refractivity contribution in [3.05, 3.63) is 58.6 Å². The smallest absolute Gasteiger partial charge is 0.258 e. The van der Waals surface area contributed by atoms with Gasteiger partial charge in [-0.2, -0.15) is 0 Å². The lowest BCUT2D eigenvalue weighted by Crippen LogP contribution is -2.11. The van der Waals surface area contributed by atoms with E-state index in [9.17, 15) is 4.79 Å². The standard InChI is InChI=1S/C18H16N4O2S/c1-2-24-11-7-8-14-15(9-11)21-18(20-14)25-10-16-19-13-6-4-3-5-12(13)17(23)22-16/h3-9H,2,10H2,1H3,(H,20,21)(H,19,22,23). The predicted octanol–water partition coefficient (Wildman–Crippen LogP) is 3.49. The van der Waals surface area contributed by atoms with Crippen molar-refractivity contribution in [2.24, 2.45) is 0 Å². The van der Waals surface area contributed by atoms with Crippen molar-refractivity contribution >= 4 is 33.7 Å². The van der Waals surface area contributed by atoms with Gasteiger partial charge in [0.15, 0.2) is 5.16 Å². The molecule has 0 saturated carbocycles. The van der Waals surface area contributed by atoms with Crippen LogP contribution in [0.4, 0.5) is 0 Å². The van der Waals surface area contributed by atoms with Crippen LogP contribution in [0, 0.1) is 0 Å². The average molecular weight is 352 g/mol. The van der Waals surface area contributed by atoms with Gasteiger partial charge in [-0.05, 0) is 31.2 Å². The van der Waals surface area contributed by atoms with Crippen molar-refractivity contribution in [2.75, 3.05) is 6.61 Å². The van der Waals surface area contributed by atoms with Crippen LogP contribution in [-0.4, -0.2) is 26.5 Å². The van der Waals surface area contributed by atoms with Gasteiger partial charge in [0.2, 0.25) is 0 Å². The van der Waals surface area contributed by atoms with Crippen LogP contribution in [0.15, 0.2) is 52.4 Å². The van der Waals surface area contributed by atoms with E-state index in [-0.39, 0.29) is 5.56 Å². The first-order chi connectivity index (χ1) is 12.2. The second-order valence-electron chi connectivity index (χ2n) is 5.47. The number of aromatic amines is 2. The minimum atomic E-state index is -0.118. The number of ether oxygens (including phenoxy) is 1. The average Bonchev–Trinajstić information content (AvgIpc) is 3.02. The maximum Gasteiger partial charge on any atom is 0.258 e. The van der Waals surface area contributed by atoms with E-state index in [1.54, 1.807) is 6.07 Å². The molecule has 0 fully saturated rings. The van der Waals surface area contributed by atoms with Gasteiger partial charge in [0.25, 0.3) is 5.56 Å². The summed E-state index contributed by atoms with van der Waals surface area (Å²) in [5.41, 5.74) is 2.39. The molecule has 4 aromatic rings. The third-order valence-corrected chi connectivity index (χ3v) is 4.63. The molecule has 126 valence electrons. The van der Waals surface area contributed by atoms with E-state index in [2.05, 4.69) is 19.9 Å². The Morgan fingerprint density at radius 1 is 1.08 bits per heavy atom. The number of para-hydroxylation sites is 1. The highest BCUT2D eigenvalue weighted by Crippen LogP contribution is 2.24. The molecule has 2 aromatic carbocycles. The fourth-order valence-electron chi connectivity index (χ4n) is 2.63. The number of nitrogens with zero attached hydrogens (tertiary/aromatic N) is 2. The Balaban J connectivity index is 1.56. The highest BCUT2D eigenvalue weighted by atomic mass is 32.2. The first-order valence-electron chi connectivity index (χ1n) is 7.96. The van der Waals surface area contributed by atoms with Crippen molar-refractivity contribution in [2.45, 2.75) is 17.8 Å². The minimum absolute atomic E-state index is 0.118. The SMILES string of the molecule is CCOc1ccc2nc(SCc3nc4ccccc4c(=O)[nH]3)[nH]c2c1. The van der Waals surface area contributed by atoms with Crippen LogP contribution in [-0.2, 0) is 5.75 Å². The molecule has 0 bridgehead atoms. The summed E-state index contributed by atoms with van der Waals surface area (Å²) in [5, 5.41) is 1.38. The largest absolute Gasteiger partial charge is 0.494 e. The van der Waals surface area contributed by atoms with Gasteiger partial charge < -0.3 is 14.7 Å². The van der Waals surface area contributed by atoms with E-state index in [0.717, 1.165) is 21.9 Å². The fraction of sp³-hybridized carbons (Fsp3) is 0.167. The molecule has 0 atom stereocenters. The molecule has 7 heteroatoms. The van der Waals surface area contributed by atoms with E-state index in [1.807, 2.05) is 43.3 Å². The van der Waals surface area contributed by atoms with E-state index >= 15 is 0 Å². The summed E-state index contributed by atoms with van der Waals surface area (Å²) in [6.45, 7) is 2.58. The molecule has 6 nitrogen and oxygen atoms in total. The van der Waals surface area contributed by atoms with Gasteiger partial charge in [0, 0.05) is 6.07 Å². The second kappa shape index (κ2) is 6.60. The molecule has 2 N–H and O–H groups in total. The van der Waals surface area contributed by atoms with Crippen molar-refractivity contribution in [1.29, 1.82) is 0 Å². The topological polar surface area (TPSA) is 83.7 Å². The van der Waals surface area contributed by atoms with E-state index in [4.69, 9.17) is 4.74 Å². The number of H-pyrrole nitrogens is 2. The van der Waals surface area contributed by atoms with Gasteiger partial charge in [0.1, 0.15) is 11.6 Å². The Labute approximate surface area is 147 Å². The Bertz CT molecular complexity index is 1100. The normalized spacial score (nSPS) is 11.2. The van der Waals surface area contributed by atoms with Gasteiger partial charge in [0.05, 0.1) is 34.3 Å². The molecule has 0 unspecified atom stereocenters. The lowest BCUT2D eigenvalue weighted by Gasteiger charge is -2.01. The zero-order chi connectivity index (χ0) is 17.2. The molecule has 0 amide bonds. The molecule has 0 aliphatic heterocycles. The number of fused-ring (bicyclic) bond motifs is 2. The zero-order valence-electron chi connectivity index (χ0n) is 13.6. The number of benzene rings is 2. The molecule has 2 aromatic heterocycles. The van der Waals surface area contributed by atoms with Crippen molar-refractivity contribution in [1.82, 2.24) is 19.9 Å². The molecule has 2 heterocycles. The summed E-state index contributed by atoms with van der Waals surface area (Å²) in [4.78, 5) is 27.3. The highest BCUT2D eigenvalue weighted by molar-refractivity contribution is 7.98. The first-order valence-corrected chi connectivity index (χ1v) is 8.95. The summed E-state index contributed by atoms with van der Waals surface area (Å²) < 4.78 is 5.50. The lowest BCUT2D eigenvalue weighted by molar-refractivity contribution is 0.340. The highest BCUT2D eigenvalue weighted by Gasteiger charge is 2.08. The van der Waals surface area contributed by atoms with Gasteiger partial charge in [-0.3, -0.25) is 4.79 Å². The quantitative estimate of drug-likeness (QED) is 0.537. The van der Waals surface area contributed by atoms with E-state index < -0.39 is 0 Å². The maximum absolute atomic E-state index is 12.1. The minimum Gasteiger partial charge on any atom is -0.494 e. The summed E-state index contributed by atoms with van der Waals surface area (Å²) in [7, 11) is 0. The number of thioether (sulfide) groups is 1. The third-order valence-electron chi connectivity index (χ3n) is 3.75. The molecule has 0 saturated heterocycles. The molecule has 25 heavy (non-hydrogen) atoms. The number of aromatic nitrogens is 4. The summed E-state index contributed by atoms with van der Waals surface area (Å²) in [5.74, 6) is 1.97. The molecule has 0 spiro atoms. The number of hydrogen-bond acceptors (Lipinski definition) is 5. The monoisotopic (exact) mass is 352 g/mol. The van der Waals surface area contributed by atoms with Crippen molar-refractivity contribution in [3.63, 3.8) is 0 Å². The fourth-order valence-corrected chi connectivity index (χ4v) is 3.39. The summed E-state index contributed by atoms with van der Waals surface area (Å²) >= 11 is 1.50. The molecule has 0 aliphatic carbocycles. The molecule has 0 aliphatic rings. The van der Waals surface area contributed by atoms with Gasteiger partial charge in [-0.25, -0.2) is 9.97 Å². The third kappa shape index (κ3) is 3.23. The van der Waals surface area contributed by atoms with Crippen LogP contribution in [0.2, 0.25) is 0 Å². The molecular weight excluding hydrogens is 336 g/mol. The van der Waals surface area contributed by atoms with Crippen LogP contribution in [0.5, 0.6) is 5.75 Å². The molecule has 0 radical (unpaired) electrons. The van der Waals surface area contributed by atoms with Gasteiger partial charge >= 0.3 is 0 Å². The number of hydrogen-bond donors (Lipinski definition) is 2. The van der Waals surface area contributed by atoms with E-state index in [0.29, 0.717) is 29.1 Å². The Kier molecular flexibility index (Phi) is 4.15.